The van der Waals surface area contributed by atoms with Gasteiger partial charge in [0.05, 0.1) is 19.8 Å². The van der Waals surface area contributed by atoms with Crippen LogP contribution in [0.1, 0.15) is 5.69 Å². The molecule has 0 atom stereocenters. The summed E-state index contributed by atoms with van der Waals surface area (Å²) in [5, 5.41) is 16.0. The van der Waals surface area contributed by atoms with E-state index in [0.29, 0.717) is 26.3 Å². The van der Waals surface area contributed by atoms with Crippen LogP contribution in [-0.2, 0) is 28.0 Å². The Morgan fingerprint density at radius 3 is 2.68 bits per heavy atom. The molecule has 2 rings (SSSR count). The molecule has 0 saturated carbocycles. The number of nitro groups is 1. The van der Waals surface area contributed by atoms with E-state index < -0.39 is 15.1 Å². The third kappa shape index (κ3) is 4.71. The van der Waals surface area contributed by atoms with Crippen LogP contribution in [0.2, 0.25) is 0 Å². The van der Waals surface area contributed by atoms with E-state index in [-0.39, 0.29) is 18.1 Å². The number of hydrogen-bond donors (Lipinski definition) is 2. The summed E-state index contributed by atoms with van der Waals surface area (Å²) in [5.41, 5.74) is 0.0287. The Morgan fingerprint density at radius 1 is 1.41 bits per heavy atom. The largest absolute Gasteiger partial charge is 0.379 e. The third-order valence-electron chi connectivity index (χ3n) is 3.26. The van der Waals surface area contributed by atoms with Crippen LogP contribution in [0.5, 0.6) is 0 Å². The van der Waals surface area contributed by atoms with Crippen LogP contribution in [0.4, 0.5) is 5.82 Å². The smallest absolute Gasteiger partial charge is 0.347 e. The Kier molecular flexibility index (Phi) is 5.42. The second-order valence-corrected chi connectivity index (χ2v) is 6.16. The number of rotatable bonds is 7. The van der Waals surface area contributed by atoms with Crippen molar-refractivity contribution in [2.24, 2.45) is 5.14 Å². The second-order valence-electron chi connectivity index (χ2n) is 4.79. The van der Waals surface area contributed by atoms with E-state index in [1.165, 1.54) is 10.9 Å². The summed E-state index contributed by atoms with van der Waals surface area (Å²) in [4.78, 5) is 16.6. The average Bonchev–Trinajstić information content (AvgIpc) is 2.86. The second kappa shape index (κ2) is 7.11. The maximum Gasteiger partial charge on any atom is 0.347 e. The topological polar surface area (TPSA) is 146 Å². The van der Waals surface area contributed by atoms with Crippen molar-refractivity contribution in [2.45, 2.75) is 13.1 Å². The molecule has 1 saturated heterocycles. The summed E-state index contributed by atoms with van der Waals surface area (Å²) in [6, 6.07) is 0. The lowest BCUT2D eigenvalue weighted by atomic mass is 10.4. The molecule has 22 heavy (non-hydrogen) atoms. The molecular weight excluding hydrogens is 316 g/mol. The molecule has 12 heteroatoms. The third-order valence-corrected chi connectivity index (χ3v) is 3.80. The summed E-state index contributed by atoms with van der Waals surface area (Å²) in [6.07, 6.45) is 1.33. The molecule has 1 fully saturated rings. The molecule has 0 amide bonds. The quantitative estimate of drug-likeness (QED) is 0.452. The summed E-state index contributed by atoms with van der Waals surface area (Å²) in [5.74, 6) is -0.232. The van der Waals surface area contributed by atoms with Gasteiger partial charge in [-0.1, -0.05) is 0 Å². The first-order chi connectivity index (χ1) is 10.4. The number of hydrogen-bond acceptors (Lipinski definition) is 7. The van der Waals surface area contributed by atoms with Crippen LogP contribution in [0.15, 0.2) is 6.33 Å². The molecule has 0 spiro atoms. The zero-order valence-corrected chi connectivity index (χ0v) is 12.7. The highest BCUT2D eigenvalue weighted by Gasteiger charge is 2.23. The van der Waals surface area contributed by atoms with Gasteiger partial charge in [-0.25, -0.2) is 14.7 Å². The Balaban J connectivity index is 2.04. The SMILES string of the molecule is NS(=O)(=O)NCc1ncn(CCN2CCOCC2)c1[N+](=O)[O-]. The Labute approximate surface area is 127 Å². The molecule has 11 nitrogen and oxygen atoms in total. The van der Waals surface area contributed by atoms with Gasteiger partial charge >= 0.3 is 5.82 Å². The van der Waals surface area contributed by atoms with E-state index in [0.717, 1.165) is 13.1 Å². The molecule has 0 bridgehead atoms. The van der Waals surface area contributed by atoms with Crippen molar-refractivity contribution in [1.29, 1.82) is 0 Å². The number of morpholine rings is 1. The van der Waals surface area contributed by atoms with Gasteiger partial charge in [0.15, 0.2) is 12.0 Å². The first kappa shape index (κ1) is 16.8. The summed E-state index contributed by atoms with van der Waals surface area (Å²) in [6.45, 7) is 3.55. The summed E-state index contributed by atoms with van der Waals surface area (Å²) in [7, 11) is -3.93. The highest BCUT2D eigenvalue weighted by Crippen LogP contribution is 2.17. The Hall–Kier alpha value is -1.60. The molecule has 0 aliphatic carbocycles. The van der Waals surface area contributed by atoms with Gasteiger partial charge in [0, 0.05) is 19.6 Å². The van der Waals surface area contributed by atoms with Gasteiger partial charge in [-0.05, 0) is 4.92 Å². The fraction of sp³-hybridized carbons (Fsp3) is 0.700. The van der Waals surface area contributed by atoms with Crippen LogP contribution in [0.25, 0.3) is 0 Å². The number of ether oxygens (including phenoxy) is 1. The minimum Gasteiger partial charge on any atom is -0.379 e. The number of aromatic nitrogens is 2. The molecule has 1 aliphatic heterocycles. The lowest BCUT2D eigenvalue weighted by Gasteiger charge is -2.25. The van der Waals surface area contributed by atoms with Crippen LogP contribution in [-0.4, -0.2) is 60.6 Å². The molecule has 0 radical (unpaired) electrons. The highest BCUT2D eigenvalue weighted by molar-refractivity contribution is 7.87. The van der Waals surface area contributed by atoms with Gasteiger partial charge in [0.1, 0.15) is 6.54 Å². The van der Waals surface area contributed by atoms with E-state index in [1.54, 1.807) is 0 Å². The normalized spacial score (nSPS) is 16.8. The van der Waals surface area contributed by atoms with Gasteiger partial charge in [0.2, 0.25) is 0 Å². The van der Waals surface area contributed by atoms with E-state index in [4.69, 9.17) is 9.88 Å². The molecule has 1 aromatic rings. The lowest BCUT2D eigenvalue weighted by molar-refractivity contribution is -0.392. The van der Waals surface area contributed by atoms with Gasteiger partial charge in [0.25, 0.3) is 10.2 Å². The van der Waals surface area contributed by atoms with Crippen molar-refractivity contribution in [3.63, 3.8) is 0 Å². The number of imidazole rings is 1. The first-order valence-electron chi connectivity index (χ1n) is 6.62. The number of nitrogens with two attached hydrogens (primary N) is 1. The molecule has 3 N–H and O–H groups in total. The van der Waals surface area contributed by atoms with Crippen LogP contribution < -0.4 is 9.86 Å². The van der Waals surface area contributed by atoms with Gasteiger partial charge in [-0.2, -0.15) is 13.1 Å². The minimum atomic E-state index is -3.93. The van der Waals surface area contributed by atoms with Crippen molar-refractivity contribution in [3.8, 4) is 0 Å². The predicted molar refractivity (Wildman–Crippen MR) is 76.1 cm³/mol. The predicted octanol–water partition coefficient (Wildman–Crippen LogP) is -1.58. The maximum atomic E-state index is 11.2. The lowest BCUT2D eigenvalue weighted by Crippen LogP contribution is -2.38. The number of nitrogens with one attached hydrogen (secondary N) is 1. The molecule has 0 unspecified atom stereocenters. The van der Waals surface area contributed by atoms with E-state index in [1.807, 2.05) is 4.72 Å². The van der Waals surface area contributed by atoms with Crippen LogP contribution >= 0.6 is 0 Å². The molecule has 1 aliphatic rings. The van der Waals surface area contributed by atoms with Gasteiger partial charge in [-0.15, -0.1) is 0 Å². The monoisotopic (exact) mass is 334 g/mol. The maximum absolute atomic E-state index is 11.2. The van der Waals surface area contributed by atoms with E-state index in [9.17, 15) is 18.5 Å². The zero-order chi connectivity index (χ0) is 16.2. The van der Waals surface area contributed by atoms with Crippen molar-refractivity contribution in [1.82, 2.24) is 19.2 Å². The van der Waals surface area contributed by atoms with Crippen molar-refractivity contribution >= 4 is 16.0 Å². The number of nitrogens with zero attached hydrogens (tertiary/aromatic N) is 4. The zero-order valence-electron chi connectivity index (χ0n) is 11.8. The standard InChI is InChI=1S/C10H18N6O5S/c11-22(19,20)13-7-9-10(16(17)18)15(8-12-9)2-1-14-3-5-21-6-4-14/h8,13H,1-7H2,(H2,11,19,20). The minimum absolute atomic E-state index is 0.0287. The summed E-state index contributed by atoms with van der Waals surface area (Å²) < 4.78 is 30.4. The molecule has 124 valence electrons. The highest BCUT2D eigenvalue weighted by atomic mass is 32.2. The van der Waals surface area contributed by atoms with Crippen LogP contribution in [0.3, 0.4) is 0 Å². The van der Waals surface area contributed by atoms with Crippen molar-refractivity contribution in [2.75, 3.05) is 32.8 Å². The van der Waals surface area contributed by atoms with Crippen molar-refractivity contribution in [3.05, 3.63) is 22.1 Å². The van der Waals surface area contributed by atoms with E-state index in [2.05, 4.69) is 9.88 Å². The Morgan fingerprint density at radius 2 is 2.09 bits per heavy atom. The van der Waals surface area contributed by atoms with Crippen molar-refractivity contribution < 1.29 is 18.1 Å². The van der Waals surface area contributed by atoms with Gasteiger partial charge in [-0.3, -0.25) is 4.90 Å². The summed E-state index contributed by atoms with van der Waals surface area (Å²) >= 11 is 0. The van der Waals surface area contributed by atoms with Crippen LogP contribution in [0, 0.1) is 10.1 Å². The molecule has 2 heterocycles. The fourth-order valence-corrected chi connectivity index (χ4v) is 2.50. The first-order valence-corrected chi connectivity index (χ1v) is 8.17. The van der Waals surface area contributed by atoms with E-state index >= 15 is 0 Å². The average molecular weight is 334 g/mol. The molecular formula is C10H18N6O5S. The molecule has 1 aromatic heterocycles. The molecule has 0 aromatic carbocycles. The van der Waals surface area contributed by atoms with Gasteiger partial charge < -0.3 is 14.9 Å². The fourth-order valence-electron chi connectivity index (χ4n) is 2.16. The Bertz CT molecular complexity index is 624.